The van der Waals surface area contributed by atoms with Gasteiger partial charge in [0.05, 0.1) is 12.5 Å². The standard InChI is InChI=1S/C15H20N2O3/c1-12(15(18)17-10-3-11-19-2)20-14-6-4-13(5-7-14)8-9-16/h4-7,12H,3,8,10-11H2,1-2H3,(H,17,18). The number of nitriles is 1. The van der Waals surface area contributed by atoms with Crippen LogP contribution in [0.5, 0.6) is 5.75 Å². The molecule has 1 aromatic rings. The Balaban J connectivity index is 2.39. The molecule has 0 fully saturated rings. The van der Waals surface area contributed by atoms with Crippen LogP contribution in [0, 0.1) is 11.3 Å². The van der Waals surface area contributed by atoms with E-state index in [0.717, 1.165) is 12.0 Å². The molecule has 5 heteroatoms. The molecule has 1 N–H and O–H groups in total. The molecule has 0 spiro atoms. The second kappa shape index (κ2) is 8.94. The molecule has 0 aliphatic rings. The van der Waals surface area contributed by atoms with E-state index in [2.05, 4.69) is 11.4 Å². The van der Waals surface area contributed by atoms with Crippen LogP contribution in [-0.2, 0) is 16.0 Å². The number of benzene rings is 1. The number of carbonyl (C=O) groups excluding carboxylic acids is 1. The van der Waals surface area contributed by atoms with Crippen molar-refractivity contribution in [2.24, 2.45) is 0 Å². The van der Waals surface area contributed by atoms with Crippen LogP contribution >= 0.6 is 0 Å². The first-order valence-electron chi connectivity index (χ1n) is 6.56. The van der Waals surface area contributed by atoms with Gasteiger partial charge in [-0.2, -0.15) is 5.26 Å². The maximum Gasteiger partial charge on any atom is 0.260 e. The van der Waals surface area contributed by atoms with E-state index in [0.29, 0.717) is 25.3 Å². The summed E-state index contributed by atoms with van der Waals surface area (Å²) < 4.78 is 10.4. The third-order valence-electron chi connectivity index (χ3n) is 2.71. The van der Waals surface area contributed by atoms with Crippen molar-refractivity contribution in [1.82, 2.24) is 5.32 Å². The number of carbonyl (C=O) groups is 1. The van der Waals surface area contributed by atoms with Gasteiger partial charge in [0.15, 0.2) is 6.10 Å². The summed E-state index contributed by atoms with van der Waals surface area (Å²) in [6, 6.07) is 9.25. The highest BCUT2D eigenvalue weighted by atomic mass is 16.5. The van der Waals surface area contributed by atoms with Crippen molar-refractivity contribution >= 4 is 5.91 Å². The summed E-state index contributed by atoms with van der Waals surface area (Å²) in [6.07, 6.45) is 0.590. The fraction of sp³-hybridized carbons (Fsp3) is 0.467. The van der Waals surface area contributed by atoms with E-state index in [1.165, 1.54) is 0 Å². The average molecular weight is 276 g/mol. The van der Waals surface area contributed by atoms with E-state index in [-0.39, 0.29) is 5.91 Å². The molecule has 108 valence electrons. The van der Waals surface area contributed by atoms with Gasteiger partial charge in [-0.1, -0.05) is 12.1 Å². The van der Waals surface area contributed by atoms with Gasteiger partial charge in [-0.3, -0.25) is 4.79 Å². The molecule has 1 unspecified atom stereocenters. The lowest BCUT2D eigenvalue weighted by Crippen LogP contribution is -2.37. The van der Waals surface area contributed by atoms with Crippen molar-refractivity contribution in [2.75, 3.05) is 20.3 Å². The van der Waals surface area contributed by atoms with Crippen LogP contribution in [-0.4, -0.2) is 32.3 Å². The number of rotatable bonds is 8. The van der Waals surface area contributed by atoms with Crippen molar-refractivity contribution in [3.05, 3.63) is 29.8 Å². The number of amides is 1. The number of hydrogen-bond donors (Lipinski definition) is 1. The molecule has 1 aromatic carbocycles. The molecule has 1 rings (SSSR count). The van der Waals surface area contributed by atoms with Gasteiger partial charge in [-0.25, -0.2) is 0 Å². The molecule has 0 saturated carbocycles. The lowest BCUT2D eigenvalue weighted by Gasteiger charge is -2.14. The summed E-state index contributed by atoms with van der Waals surface area (Å²) in [5.74, 6) is 0.466. The Bertz CT molecular complexity index is 451. The van der Waals surface area contributed by atoms with Gasteiger partial charge in [-0.15, -0.1) is 0 Å². The average Bonchev–Trinajstić information content (AvgIpc) is 2.45. The first-order valence-corrected chi connectivity index (χ1v) is 6.56. The van der Waals surface area contributed by atoms with Crippen molar-refractivity contribution < 1.29 is 14.3 Å². The monoisotopic (exact) mass is 276 g/mol. The number of nitrogens with one attached hydrogen (secondary N) is 1. The van der Waals surface area contributed by atoms with Crippen molar-refractivity contribution in [1.29, 1.82) is 5.26 Å². The smallest absolute Gasteiger partial charge is 0.260 e. The molecule has 0 aromatic heterocycles. The van der Waals surface area contributed by atoms with Gasteiger partial charge in [0.1, 0.15) is 5.75 Å². The first kappa shape index (κ1) is 16.0. The zero-order chi connectivity index (χ0) is 14.8. The van der Waals surface area contributed by atoms with Crippen molar-refractivity contribution in [3.63, 3.8) is 0 Å². The molecular weight excluding hydrogens is 256 g/mol. The summed E-state index contributed by atoms with van der Waals surface area (Å²) in [6.45, 7) is 2.90. The lowest BCUT2D eigenvalue weighted by atomic mass is 10.2. The molecule has 0 heterocycles. The molecule has 20 heavy (non-hydrogen) atoms. The predicted molar refractivity (Wildman–Crippen MR) is 75.4 cm³/mol. The molecule has 1 atom stereocenters. The number of ether oxygens (including phenoxy) is 2. The van der Waals surface area contributed by atoms with Crippen LogP contribution in [0.3, 0.4) is 0 Å². The van der Waals surface area contributed by atoms with Crippen molar-refractivity contribution in [3.8, 4) is 11.8 Å². The fourth-order valence-electron chi connectivity index (χ4n) is 1.61. The van der Waals surface area contributed by atoms with Gasteiger partial charge in [0, 0.05) is 20.3 Å². The molecule has 0 bridgehead atoms. The van der Waals surface area contributed by atoms with E-state index < -0.39 is 6.10 Å². The normalized spacial score (nSPS) is 11.4. The van der Waals surface area contributed by atoms with Crippen LogP contribution in [0.4, 0.5) is 0 Å². The van der Waals surface area contributed by atoms with Gasteiger partial charge in [0.2, 0.25) is 0 Å². The number of hydrogen-bond acceptors (Lipinski definition) is 4. The second-order valence-corrected chi connectivity index (χ2v) is 4.38. The Labute approximate surface area is 119 Å². The molecule has 1 amide bonds. The minimum atomic E-state index is -0.556. The fourth-order valence-corrected chi connectivity index (χ4v) is 1.61. The molecule has 0 aliphatic carbocycles. The van der Waals surface area contributed by atoms with Gasteiger partial charge in [0.25, 0.3) is 5.91 Å². The van der Waals surface area contributed by atoms with Crippen LogP contribution in [0.15, 0.2) is 24.3 Å². The molecule has 0 aliphatic heterocycles. The van der Waals surface area contributed by atoms with Crippen LogP contribution in [0.1, 0.15) is 18.9 Å². The number of nitrogens with zero attached hydrogens (tertiary/aromatic N) is 1. The molecule has 5 nitrogen and oxygen atoms in total. The predicted octanol–water partition coefficient (Wildman–Crippen LogP) is 1.67. The first-order chi connectivity index (χ1) is 9.67. The Morgan fingerprint density at radius 1 is 1.40 bits per heavy atom. The van der Waals surface area contributed by atoms with E-state index >= 15 is 0 Å². The Morgan fingerprint density at radius 2 is 2.10 bits per heavy atom. The van der Waals surface area contributed by atoms with Gasteiger partial charge >= 0.3 is 0 Å². The number of methoxy groups -OCH3 is 1. The lowest BCUT2D eigenvalue weighted by molar-refractivity contribution is -0.127. The third kappa shape index (κ3) is 5.72. The minimum absolute atomic E-state index is 0.151. The second-order valence-electron chi connectivity index (χ2n) is 4.38. The highest BCUT2D eigenvalue weighted by molar-refractivity contribution is 5.80. The minimum Gasteiger partial charge on any atom is -0.481 e. The van der Waals surface area contributed by atoms with E-state index in [1.807, 2.05) is 12.1 Å². The third-order valence-corrected chi connectivity index (χ3v) is 2.71. The zero-order valence-electron chi connectivity index (χ0n) is 11.9. The van der Waals surface area contributed by atoms with E-state index in [4.69, 9.17) is 14.7 Å². The summed E-state index contributed by atoms with van der Waals surface area (Å²) in [7, 11) is 1.63. The van der Waals surface area contributed by atoms with Crippen LogP contribution in [0.25, 0.3) is 0 Å². The highest BCUT2D eigenvalue weighted by Crippen LogP contribution is 2.14. The maximum absolute atomic E-state index is 11.8. The summed E-state index contributed by atoms with van der Waals surface area (Å²) >= 11 is 0. The topological polar surface area (TPSA) is 71.3 Å². The zero-order valence-corrected chi connectivity index (χ0v) is 11.9. The van der Waals surface area contributed by atoms with Crippen molar-refractivity contribution in [2.45, 2.75) is 25.9 Å². The Kier molecular flexibility index (Phi) is 7.15. The van der Waals surface area contributed by atoms with Gasteiger partial charge in [-0.05, 0) is 31.0 Å². The highest BCUT2D eigenvalue weighted by Gasteiger charge is 2.13. The summed E-state index contributed by atoms with van der Waals surface area (Å²) in [5.41, 5.74) is 0.927. The Morgan fingerprint density at radius 3 is 2.70 bits per heavy atom. The van der Waals surface area contributed by atoms with Gasteiger partial charge < -0.3 is 14.8 Å². The van der Waals surface area contributed by atoms with Crippen LogP contribution in [0.2, 0.25) is 0 Å². The van der Waals surface area contributed by atoms with E-state index in [9.17, 15) is 4.79 Å². The van der Waals surface area contributed by atoms with E-state index in [1.54, 1.807) is 26.2 Å². The maximum atomic E-state index is 11.8. The summed E-state index contributed by atoms with van der Waals surface area (Å²) in [4.78, 5) is 11.8. The molecule has 0 radical (unpaired) electrons. The Hall–Kier alpha value is -2.06. The largest absolute Gasteiger partial charge is 0.481 e. The quantitative estimate of drug-likeness (QED) is 0.733. The SMILES string of the molecule is COCCCNC(=O)C(C)Oc1ccc(CC#N)cc1. The molecule has 0 saturated heterocycles. The van der Waals surface area contributed by atoms with Crippen LogP contribution < -0.4 is 10.1 Å². The summed E-state index contributed by atoms with van der Waals surface area (Å²) in [5, 5.41) is 11.4. The molecular formula is C15H20N2O3.